The lowest BCUT2D eigenvalue weighted by Gasteiger charge is -2.25. The number of amides is 1. The van der Waals surface area contributed by atoms with E-state index in [4.69, 9.17) is 9.47 Å². The molecule has 2 aromatic carbocycles. The van der Waals surface area contributed by atoms with Gasteiger partial charge in [0.25, 0.3) is 11.7 Å². The lowest BCUT2D eigenvalue weighted by molar-refractivity contribution is -0.140. The number of ether oxygens (including phenoxy) is 2. The van der Waals surface area contributed by atoms with E-state index in [1.807, 2.05) is 0 Å². The first-order chi connectivity index (χ1) is 15.5. The highest BCUT2D eigenvalue weighted by Crippen LogP contribution is 2.42. The number of hydrogen-bond donors (Lipinski definition) is 2. The van der Waals surface area contributed by atoms with Crippen molar-refractivity contribution in [2.24, 2.45) is 0 Å². The van der Waals surface area contributed by atoms with E-state index in [2.05, 4.69) is 4.98 Å². The Morgan fingerprint density at radius 2 is 1.81 bits per heavy atom. The molecular weight excluding hydrogens is 412 g/mol. The molecule has 0 aliphatic carbocycles. The van der Waals surface area contributed by atoms with E-state index in [0.717, 1.165) is 5.56 Å². The van der Waals surface area contributed by atoms with E-state index in [1.165, 1.54) is 17.0 Å². The van der Waals surface area contributed by atoms with Gasteiger partial charge in [0.05, 0.1) is 11.6 Å². The van der Waals surface area contributed by atoms with Gasteiger partial charge in [0.2, 0.25) is 6.79 Å². The second kappa shape index (κ2) is 7.73. The number of phenolic OH excluding ortho intramolecular Hbond substituents is 1. The number of aliphatic hydroxyl groups is 1. The molecule has 0 bridgehead atoms. The van der Waals surface area contributed by atoms with Gasteiger partial charge < -0.3 is 24.6 Å². The molecule has 0 spiro atoms. The molecule has 8 nitrogen and oxygen atoms in total. The molecule has 1 fully saturated rings. The minimum atomic E-state index is -0.888. The van der Waals surface area contributed by atoms with Crippen LogP contribution in [-0.4, -0.2) is 38.6 Å². The molecule has 2 aliphatic rings. The summed E-state index contributed by atoms with van der Waals surface area (Å²) in [4.78, 5) is 31.5. The molecule has 0 saturated carbocycles. The standard InChI is InChI=1S/C24H18N2O6/c27-17-3-1-2-15(10-17)21-20(22(28)16-4-5-18-19(11-16)32-13-31-18)23(29)24(30)26(21)12-14-6-8-25-9-7-14/h1-11,21,27-28H,12-13H2/b22-20-. The topological polar surface area (TPSA) is 109 Å². The Bertz CT molecular complexity index is 1250. The molecule has 1 aromatic heterocycles. The molecule has 3 aromatic rings. The molecule has 5 rings (SSSR count). The van der Waals surface area contributed by atoms with Crippen LogP contribution in [0.25, 0.3) is 5.76 Å². The number of Topliss-reactive ketones (excluding diaryl/α,β-unsaturated/α-hetero) is 1. The minimum absolute atomic E-state index is 0.0138. The molecule has 1 atom stereocenters. The van der Waals surface area contributed by atoms with Crippen molar-refractivity contribution in [2.45, 2.75) is 12.6 Å². The zero-order chi connectivity index (χ0) is 22.2. The van der Waals surface area contributed by atoms with Crippen LogP contribution in [0, 0.1) is 0 Å². The van der Waals surface area contributed by atoms with E-state index < -0.39 is 17.7 Å². The maximum absolute atomic E-state index is 13.1. The molecule has 1 saturated heterocycles. The number of pyridine rings is 1. The van der Waals surface area contributed by atoms with Crippen molar-refractivity contribution in [3.8, 4) is 17.2 Å². The quantitative estimate of drug-likeness (QED) is 0.372. The highest BCUT2D eigenvalue weighted by molar-refractivity contribution is 6.46. The monoisotopic (exact) mass is 430 g/mol. The highest BCUT2D eigenvalue weighted by atomic mass is 16.7. The number of likely N-dealkylation sites (tertiary alicyclic amines) is 1. The first kappa shape index (κ1) is 19.6. The molecule has 8 heteroatoms. The fourth-order valence-electron chi connectivity index (χ4n) is 3.97. The molecule has 2 aliphatic heterocycles. The van der Waals surface area contributed by atoms with Crippen molar-refractivity contribution < 1.29 is 29.3 Å². The van der Waals surface area contributed by atoms with E-state index >= 15 is 0 Å². The zero-order valence-corrected chi connectivity index (χ0v) is 16.8. The second-order valence-corrected chi connectivity index (χ2v) is 7.45. The van der Waals surface area contributed by atoms with Gasteiger partial charge in [0, 0.05) is 24.5 Å². The van der Waals surface area contributed by atoms with Crippen LogP contribution >= 0.6 is 0 Å². The molecule has 1 amide bonds. The number of phenols is 1. The molecule has 2 N–H and O–H groups in total. The van der Waals surface area contributed by atoms with E-state index in [1.54, 1.807) is 54.9 Å². The Labute approximate surface area is 183 Å². The number of fused-ring (bicyclic) bond motifs is 1. The van der Waals surface area contributed by atoms with Crippen LogP contribution in [0.4, 0.5) is 0 Å². The lowest BCUT2D eigenvalue weighted by Crippen LogP contribution is -2.29. The van der Waals surface area contributed by atoms with Crippen molar-refractivity contribution in [2.75, 3.05) is 6.79 Å². The maximum atomic E-state index is 13.1. The van der Waals surface area contributed by atoms with Crippen LogP contribution in [0.15, 0.2) is 72.6 Å². The Balaban J connectivity index is 1.65. The third-order valence-corrected chi connectivity index (χ3v) is 5.47. The van der Waals surface area contributed by atoms with Crippen molar-refractivity contribution in [3.63, 3.8) is 0 Å². The summed E-state index contributed by atoms with van der Waals surface area (Å²) >= 11 is 0. The number of aromatic nitrogens is 1. The van der Waals surface area contributed by atoms with Crippen LogP contribution in [0.5, 0.6) is 17.2 Å². The van der Waals surface area contributed by atoms with Gasteiger partial charge in [-0.15, -0.1) is 0 Å². The van der Waals surface area contributed by atoms with Gasteiger partial charge in [-0.25, -0.2) is 0 Å². The van der Waals surface area contributed by atoms with Crippen LogP contribution in [0.3, 0.4) is 0 Å². The third-order valence-electron chi connectivity index (χ3n) is 5.47. The Hall–Kier alpha value is -4.33. The Morgan fingerprint density at radius 3 is 2.59 bits per heavy atom. The third kappa shape index (κ3) is 3.31. The van der Waals surface area contributed by atoms with Gasteiger partial charge in [0.1, 0.15) is 11.5 Å². The summed E-state index contributed by atoms with van der Waals surface area (Å²) in [7, 11) is 0. The van der Waals surface area contributed by atoms with Gasteiger partial charge in [-0.1, -0.05) is 12.1 Å². The average molecular weight is 430 g/mol. The number of rotatable bonds is 4. The Morgan fingerprint density at radius 1 is 1.03 bits per heavy atom. The van der Waals surface area contributed by atoms with Crippen LogP contribution < -0.4 is 9.47 Å². The number of aromatic hydroxyl groups is 1. The number of nitrogens with zero attached hydrogens (tertiary/aromatic N) is 2. The number of aliphatic hydroxyl groups excluding tert-OH is 1. The van der Waals surface area contributed by atoms with Gasteiger partial charge in [-0.05, 0) is 53.6 Å². The van der Waals surface area contributed by atoms with Gasteiger partial charge in [-0.2, -0.15) is 0 Å². The average Bonchev–Trinajstić information content (AvgIpc) is 3.37. The Kier molecular flexibility index (Phi) is 4.74. The van der Waals surface area contributed by atoms with E-state index in [-0.39, 0.29) is 30.4 Å². The van der Waals surface area contributed by atoms with Crippen molar-refractivity contribution in [3.05, 3.63) is 89.3 Å². The number of benzene rings is 2. The molecule has 1 unspecified atom stereocenters. The molecule has 160 valence electrons. The van der Waals surface area contributed by atoms with Crippen molar-refractivity contribution in [1.29, 1.82) is 0 Å². The number of ketones is 1. The maximum Gasteiger partial charge on any atom is 0.295 e. The first-order valence-electron chi connectivity index (χ1n) is 9.89. The van der Waals surface area contributed by atoms with Gasteiger partial charge >= 0.3 is 0 Å². The molecule has 0 radical (unpaired) electrons. The zero-order valence-electron chi connectivity index (χ0n) is 16.8. The fourth-order valence-corrected chi connectivity index (χ4v) is 3.97. The summed E-state index contributed by atoms with van der Waals surface area (Å²) in [6.07, 6.45) is 3.20. The minimum Gasteiger partial charge on any atom is -0.508 e. The van der Waals surface area contributed by atoms with Crippen molar-refractivity contribution in [1.82, 2.24) is 9.88 Å². The van der Waals surface area contributed by atoms with Crippen molar-refractivity contribution >= 4 is 17.4 Å². The molecular formula is C24H18N2O6. The summed E-state index contributed by atoms with van der Waals surface area (Å²) < 4.78 is 10.7. The summed E-state index contributed by atoms with van der Waals surface area (Å²) in [6, 6.07) is 13.7. The van der Waals surface area contributed by atoms with Crippen LogP contribution in [0.2, 0.25) is 0 Å². The highest BCUT2D eigenvalue weighted by Gasteiger charge is 2.46. The summed E-state index contributed by atoms with van der Waals surface area (Å²) in [6.45, 7) is 0.199. The summed E-state index contributed by atoms with van der Waals surface area (Å²) in [5.41, 5.74) is 1.53. The number of hydrogen-bond acceptors (Lipinski definition) is 7. The predicted octanol–water partition coefficient (Wildman–Crippen LogP) is 3.14. The normalized spacial score (nSPS) is 18.9. The number of carbonyl (C=O) groups is 2. The van der Waals surface area contributed by atoms with Gasteiger partial charge in [-0.3, -0.25) is 14.6 Å². The fraction of sp³-hybridized carbons (Fsp3) is 0.125. The smallest absolute Gasteiger partial charge is 0.295 e. The SMILES string of the molecule is O=C1C(=O)N(Cc2ccncc2)C(c2cccc(O)c2)/C1=C(/O)c1ccc2c(c1)OCO2. The van der Waals surface area contributed by atoms with Crippen LogP contribution in [-0.2, 0) is 16.1 Å². The molecule has 3 heterocycles. The van der Waals surface area contributed by atoms with E-state index in [9.17, 15) is 19.8 Å². The molecule has 32 heavy (non-hydrogen) atoms. The predicted molar refractivity (Wildman–Crippen MR) is 113 cm³/mol. The number of carbonyl (C=O) groups excluding carboxylic acids is 2. The van der Waals surface area contributed by atoms with E-state index in [0.29, 0.717) is 22.6 Å². The largest absolute Gasteiger partial charge is 0.508 e. The summed E-state index contributed by atoms with van der Waals surface area (Å²) in [5, 5.41) is 21.2. The lowest BCUT2D eigenvalue weighted by atomic mass is 9.95. The van der Waals surface area contributed by atoms with Crippen LogP contribution in [0.1, 0.15) is 22.7 Å². The van der Waals surface area contributed by atoms with Gasteiger partial charge in [0.15, 0.2) is 11.5 Å². The second-order valence-electron chi connectivity index (χ2n) is 7.45. The first-order valence-corrected chi connectivity index (χ1v) is 9.89. The summed E-state index contributed by atoms with van der Waals surface area (Å²) in [5.74, 6) is -0.912.